The van der Waals surface area contributed by atoms with E-state index in [1.807, 2.05) is 6.07 Å². The van der Waals surface area contributed by atoms with Crippen LogP contribution in [-0.2, 0) is 5.88 Å². The van der Waals surface area contributed by atoms with Crippen LogP contribution in [0.25, 0.3) is 0 Å². The zero-order chi connectivity index (χ0) is 13.1. The van der Waals surface area contributed by atoms with Crippen molar-refractivity contribution in [2.24, 2.45) is 0 Å². The van der Waals surface area contributed by atoms with E-state index >= 15 is 0 Å². The van der Waals surface area contributed by atoms with E-state index in [1.165, 1.54) is 12.1 Å². The number of hydrogen-bond acceptors (Lipinski definition) is 1. The standard InChI is InChI=1S/C14H11Cl2FO/c1-9-6-11(17)3-5-14(9)18-12-4-2-10(8-15)13(16)7-12/h2-7H,8H2,1H3. The topological polar surface area (TPSA) is 9.23 Å². The maximum absolute atomic E-state index is 13.0. The van der Waals surface area contributed by atoms with Crippen LogP contribution in [0.5, 0.6) is 11.5 Å². The zero-order valence-corrected chi connectivity index (χ0v) is 11.2. The number of ether oxygens (including phenoxy) is 1. The van der Waals surface area contributed by atoms with Gasteiger partial charge in [-0.15, -0.1) is 11.6 Å². The molecule has 0 aliphatic heterocycles. The molecule has 0 saturated carbocycles. The van der Waals surface area contributed by atoms with Crippen molar-refractivity contribution in [1.82, 2.24) is 0 Å². The Balaban J connectivity index is 2.26. The molecule has 2 rings (SSSR count). The molecule has 0 heterocycles. The Labute approximate surface area is 115 Å². The van der Waals surface area contributed by atoms with E-state index in [4.69, 9.17) is 27.9 Å². The lowest BCUT2D eigenvalue weighted by Crippen LogP contribution is -1.89. The van der Waals surface area contributed by atoms with Gasteiger partial charge in [0.1, 0.15) is 17.3 Å². The first kappa shape index (κ1) is 13.2. The van der Waals surface area contributed by atoms with Gasteiger partial charge in [-0.05, 0) is 48.4 Å². The van der Waals surface area contributed by atoms with Crippen molar-refractivity contribution < 1.29 is 9.13 Å². The summed E-state index contributed by atoms with van der Waals surface area (Å²) in [6, 6.07) is 9.66. The van der Waals surface area contributed by atoms with Gasteiger partial charge < -0.3 is 4.74 Å². The quantitative estimate of drug-likeness (QED) is 0.693. The average Bonchev–Trinajstić information content (AvgIpc) is 2.33. The molecule has 0 N–H and O–H groups in total. The molecule has 0 saturated heterocycles. The Bertz CT molecular complexity index is 570. The van der Waals surface area contributed by atoms with E-state index in [2.05, 4.69) is 0 Å². The van der Waals surface area contributed by atoms with Crippen LogP contribution < -0.4 is 4.74 Å². The molecular weight excluding hydrogens is 274 g/mol. The van der Waals surface area contributed by atoms with Crippen molar-refractivity contribution >= 4 is 23.2 Å². The summed E-state index contributed by atoms with van der Waals surface area (Å²) in [5, 5.41) is 0.558. The van der Waals surface area contributed by atoms with Gasteiger partial charge >= 0.3 is 0 Å². The molecule has 0 aliphatic rings. The molecule has 0 atom stereocenters. The highest BCUT2D eigenvalue weighted by Crippen LogP contribution is 2.29. The van der Waals surface area contributed by atoms with Crippen LogP contribution >= 0.6 is 23.2 Å². The van der Waals surface area contributed by atoms with Gasteiger partial charge in [-0.2, -0.15) is 0 Å². The van der Waals surface area contributed by atoms with Crippen molar-refractivity contribution in [2.45, 2.75) is 12.8 Å². The number of alkyl halides is 1. The highest BCUT2D eigenvalue weighted by Gasteiger charge is 2.05. The molecule has 18 heavy (non-hydrogen) atoms. The second-order valence-electron chi connectivity index (χ2n) is 3.90. The summed E-state index contributed by atoms with van der Waals surface area (Å²) in [7, 11) is 0. The number of halogens is 3. The molecule has 0 unspecified atom stereocenters. The van der Waals surface area contributed by atoms with Crippen LogP contribution in [0, 0.1) is 12.7 Å². The van der Waals surface area contributed by atoms with Crippen molar-refractivity contribution in [3.63, 3.8) is 0 Å². The highest BCUT2D eigenvalue weighted by atomic mass is 35.5. The number of aryl methyl sites for hydroxylation is 1. The molecular formula is C14H11Cl2FO. The van der Waals surface area contributed by atoms with Gasteiger partial charge in [-0.25, -0.2) is 4.39 Å². The predicted octanol–water partition coefficient (Wildman–Crippen LogP) is 5.32. The monoisotopic (exact) mass is 284 g/mol. The minimum Gasteiger partial charge on any atom is -0.457 e. The van der Waals surface area contributed by atoms with Gasteiger partial charge in [0.15, 0.2) is 0 Å². The van der Waals surface area contributed by atoms with E-state index in [0.29, 0.717) is 22.4 Å². The molecule has 0 bridgehead atoms. The lowest BCUT2D eigenvalue weighted by Gasteiger charge is -2.10. The zero-order valence-electron chi connectivity index (χ0n) is 9.71. The van der Waals surface area contributed by atoms with E-state index in [9.17, 15) is 4.39 Å². The number of benzene rings is 2. The molecule has 94 valence electrons. The van der Waals surface area contributed by atoms with Gasteiger partial charge in [0.05, 0.1) is 0 Å². The fraction of sp³-hybridized carbons (Fsp3) is 0.143. The van der Waals surface area contributed by atoms with Crippen molar-refractivity contribution in [3.05, 3.63) is 58.4 Å². The van der Waals surface area contributed by atoms with E-state index in [-0.39, 0.29) is 5.82 Å². The average molecular weight is 285 g/mol. The smallest absolute Gasteiger partial charge is 0.130 e. The number of hydrogen-bond donors (Lipinski definition) is 0. The first-order valence-corrected chi connectivity index (χ1v) is 6.30. The summed E-state index contributed by atoms with van der Waals surface area (Å²) in [4.78, 5) is 0. The summed E-state index contributed by atoms with van der Waals surface area (Å²) in [5.41, 5.74) is 1.58. The highest BCUT2D eigenvalue weighted by molar-refractivity contribution is 6.32. The van der Waals surface area contributed by atoms with Crippen LogP contribution in [0.2, 0.25) is 5.02 Å². The lowest BCUT2D eigenvalue weighted by molar-refractivity contribution is 0.476. The predicted molar refractivity (Wildman–Crippen MR) is 72.2 cm³/mol. The Morgan fingerprint density at radius 1 is 1.17 bits per heavy atom. The first-order chi connectivity index (χ1) is 8.60. The third-order valence-corrected chi connectivity index (χ3v) is 3.17. The van der Waals surface area contributed by atoms with Crippen LogP contribution in [0.1, 0.15) is 11.1 Å². The van der Waals surface area contributed by atoms with Crippen LogP contribution in [0.4, 0.5) is 4.39 Å². The minimum absolute atomic E-state index is 0.282. The van der Waals surface area contributed by atoms with Gasteiger partial charge in [-0.1, -0.05) is 17.7 Å². The molecule has 0 radical (unpaired) electrons. The third-order valence-electron chi connectivity index (χ3n) is 2.53. The summed E-state index contributed by atoms with van der Waals surface area (Å²) < 4.78 is 18.6. The maximum atomic E-state index is 13.0. The van der Waals surface area contributed by atoms with Gasteiger partial charge in [0.25, 0.3) is 0 Å². The van der Waals surface area contributed by atoms with Gasteiger partial charge in [-0.3, -0.25) is 0 Å². The molecule has 2 aromatic carbocycles. The molecule has 2 aromatic rings. The molecule has 4 heteroatoms. The molecule has 0 amide bonds. The second kappa shape index (κ2) is 5.59. The third kappa shape index (κ3) is 2.95. The van der Waals surface area contributed by atoms with Crippen LogP contribution in [-0.4, -0.2) is 0 Å². The maximum Gasteiger partial charge on any atom is 0.130 e. The van der Waals surface area contributed by atoms with E-state index in [1.54, 1.807) is 25.1 Å². The summed E-state index contributed by atoms with van der Waals surface area (Å²) in [5.74, 6) is 1.28. The van der Waals surface area contributed by atoms with E-state index in [0.717, 1.165) is 11.1 Å². The normalized spacial score (nSPS) is 10.4. The molecule has 1 nitrogen and oxygen atoms in total. The van der Waals surface area contributed by atoms with Gasteiger partial charge in [0, 0.05) is 10.9 Å². The largest absolute Gasteiger partial charge is 0.457 e. The minimum atomic E-state index is -0.282. The SMILES string of the molecule is Cc1cc(F)ccc1Oc1ccc(CCl)c(Cl)c1. The fourth-order valence-electron chi connectivity index (χ4n) is 1.55. The van der Waals surface area contributed by atoms with Gasteiger partial charge in [0.2, 0.25) is 0 Å². The summed E-state index contributed by atoms with van der Waals surface area (Å²) in [6.45, 7) is 1.78. The fourth-order valence-corrected chi connectivity index (χ4v) is 2.09. The Kier molecular flexibility index (Phi) is 4.10. The van der Waals surface area contributed by atoms with Crippen molar-refractivity contribution in [1.29, 1.82) is 0 Å². The number of rotatable bonds is 3. The van der Waals surface area contributed by atoms with Crippen molar-refractivity contribution in [3.8, 4) is 11.5 Å². The van der Waals surface area contributed by atoms with E-state index < -0.39 is 0 Å². The Morgan fingerprint density at radius 2 is 1.94 bits per heavy atom. The van der Waals surface area contributed by atoms with Crippen molar-refractivity contribution in [2.75, 3.05) is 0 Å². The summed E-state index contributed by atoms with van der Waals surface area (Å²) in [6.07, 6.45) is 0. The molecule has 0 aliphatic carbocycles. The lowest BCUT2D eigenvalue weighted by atomic mass is 10.2. The summed E-state index contributed by atoms with van der Waals surface area (Å²) >= 11 is 11.8. The molecule has 0 fully saturated rings. The van der Waals surface area contributed by atoms with Crippen LogP contribution in [0.15, 0.2) is 36.4 Å². The molecule has 0 spiro atoms. The second-order valence-corrected chi connectivity index (χ2v) is 4.57. The molecule has 0 aromatic heterocycles. The first-order valence-electron chi connectivity index (χ1n) is 5.38. The Morgan fingerprint density at radius 3 is 2.56 bits per heavy atom. The Hall–Kier alpha value is -1.25. The van der Waals surface area contributed by atoms with Crippen LogP contribution in [0.3, 0.4) is 0 Å².